The molecule has 0 unspecified atom stereocenters. The molecule has 1 amide bonds. The second kappa shape index (κ2) is 10.4. The van der Waals surface area contributed by atoms with Crippen molar-refractivity contribution in [3.8, 4) is 11.6 Å². The number of carbonyl (C=O) groups is 1. The Morgan fingerprint density at radius 2 is 1.47 bits per heavy atom. The number of carbonyl (C=O) groups excluding carboxylic acids is 1. The van der Waals surface area contributed by atoms with Gasteiger partial charge in [0.25, 0.3) is 0 Å². The number of benzene rings is 3. The van der Waals surface area contributed by atoms with Gasteiger partial charge in [0, 0.05) is 31.3 Å². The average molecular weight is 424 g/mol. The number of rotatable bonds is 9. The molecule has 0 atom stereocenters. The molecule has 0 saturated carbocycles. The number of nitrogens with zero attached hydrogens (tertiary/aromatic N) is 1. The Morgan fingerprint density at radius 3 is 2.00 bits per heavy atom. The highest BCUT2D eigenvalue weighted by Gasteiger charge is 2.13. The number of ether oxygens (including phenoxy) is 1. The molecule has 4 rings (SSSR count). The number of nitrogens with two attached hydrogens (primary N) is 1. The molecule has 0 radical (unpaired) electrons. The summed E-state index contributed by atoms with van der Waals surface area (Å²) >= 11 is 0. The van der Waals surface area contributed by atoms with Crippen LogP contribution in [0.1, 0.15) is 33.0 Å². The normalized spacial score (nSPS) is 10.8. The zero-order valence-electron chi connectivity index (χ0n) is 17.6. The van der Waals surface area contributed by atoms with Crippen LogP contribution in [0.2, 0.25) is 0 Å². The van der Waals surface area contributed by atoms with Gasteiger partial charge < -0.3 is 15.8 Å². The van der Waals surface area contributed by atoms with Crippen LogP contribution >= 0.6 is 0 Å². The molecule has 3 aromatic carbocycles. The number of amides is 1. The number of nitrogens with one attached hydrogen (secondary N) is 1. The minimum Gasteiger partial charge on any atom is -0.439 e. The van der Waals surface area contributed by atoms with Gasteiger partial charge in [0.05, 0.1) is 5.56 Å². The van der Waals surface area contributed by atoms with E-state index < -0.39 is 5.91 Å². The maximum Gasteiger partial charge on any atom is 0.250 e. The van der Waals surface area contributed by atoms with Crippen molar-refractivity contribution in [3.05, 3.63) is 126 Å². The van der Waals surface area contributed by atoms with Gasteiger partial charge in [-0.3, -0.25) is 4.79 Å². The zero-order chi connectivity index (χ0) is 22.2. The first kappa shape index (κ1) is 21.3. The van der Waals surface area contributed by atoms with Crippen molar-refractivity contribution < 1.29 is 9.53 Å². The SMILES string of the molecule is NC(=O)c1ccc(Oc2ccc(CNCC(c3ccccc3)c3ccccc3)cc2)nc1. The van der Waals surface area contributed by atoms with Crippen molar-refractivity contribution in [1.82, 2.24) is 10.3 Å². The fourth-order valence-corrected chi connectivity index (χ4v) is 3.54. The molecule has 0 aliphatic rings. The van der Waals surface area contributed by atoms with Crippen LogP contribution in [-0.4, -0.2) is 17.4 Å². The minimum absolute atomic E-state index is 0.287. The van der Waals surface area contributed by atoms with E-state index in [9.17, 15) is 4.79 Å². The van der Waals surface area contributed by atoms with Crippen LogP contribution in [0.25, 0.3) is 0 Å². The summed E-state index contributed by atoms with van der Waals surface area (Å²) in [7, 11) is 0. The quantitative estimate of drug-likeness (QED) is 0.402. The van der Waals surface area contributed by atoms with Crippen molar-refractivity contribution in [2.24, 2.45) is 5.73 Å². The first-order valence-electron chi connectivity index (χ1n) is 10.5. The van der Waals surface area contributed by atoms with Gasteiger partial charge in [-0.1, -0.05) is 72.8 Å². The van der Waals surface area contributed by atoms with Crippen LogP contribution in [0.5, 0.6) is 11.6 Å². The third-order valence-electron chi connectivity index (χ3n) is 5.25. The van der Waals surface area contributed by atoms with E-state index in [2.05, 4.69) is 58.8 Å². The molecule has 0 fully saturated rings. The van der Waals surface area contributed by atoms with Crippen LogP contribution in [-0.2, 0) is 6.54 Å². The summed E-state index contributed by atoms with van der Waals surface area (Å²) in [6.45, 7) is 1.59. The lowest BCUT2D eigenvalue weighted by Gasteiger charge is -2.19. The second-order valence-corrected chi connectivity index (χ2v) is 7.50. The monoisotopic (exact) mass is 423 g/mol. The Balaban J connectivity index is 1.35. The average Bonchev–Trinajstić information content (AvgIpc) is 2.84. The minimum atomic E-state index is -0.511. The van der Waals surface area contributed by atoms with Crippen LogP contribution in [0.15, 0.2) is 103 Å². The lowest BCUT2D eigenvalue weighted by atomic mass is 9.91. The molecule has 5 nitrogen and oxygen atoms in total. The van der Waals surface area contributed by atoms with E-state index in [-0.39, 0.29) is 5.92 Å². The van der Waals surface area contributed by atoms with Crippen LogP contribution < -0.4 is 15.8 Å². The van der Waals surface area contributed by atoms with Gasteiger partial charge in [0.2, 0.25) is 11.8 Å². The predicted octanol–water partition coefficient (Wildman–Crippen LogP) is 4.89. The molecule has 5 heteroatoms. The van der Waals surface area contributed by atoms with E-state index >= 15 is 0 Å². The molecular formula is C27H25N3O2. The Labute approximate surface area is 187 Å². The molecule has 1 heterocycles. The standard InChI is InChI=1S/C27H25N3O2/c28-27(31)23-13-16-26(30-18-23)32-24-14-11-20(12-15-24)17-29-19-25(21-7-3-1-4-8-21)22-9-5-2-6-10-22/h1-16,18,25,29H,17,19H2,(H2,28,31). The molecule has 4 aromatic rings. The first-order chi connectivity index (χ1) is 15.7. The summed E-state index contributed by atoms with van der Waals surface area (Å²) in [4.78, 5) is 15.2. The Hall–Kier alpha value is -3.96. The lowest BCUT2D eigenvalue weighted by Crippen LogP contribution is -2.22. The summed E-state index contributed by atoms with van der Waals surface area (Å²) in [6.07, 6.45) is 1.41. The lowest BCUT2D eigenvalue weighted by molar-refractivity contribution is 0.1000. The van der Waals surface area contributed by atoms with Gasteiger partial charge in [-0.15, -0.1) is 0 Å². The molecule has 160 valence electrons. The van der Waals surface area contributed by atoms with Crippen molar-refractivity contribution in [3.63, 3.8) is 0 Å². The summed E-state index contributed by atoms with van der Waals surface area (Å²) in [5.41, 5.74) is 9.34. The third-order valence-corrected chi connectivity index (χ3v) is 5.25. The summed E-state index contributed by atoms with van der Waals surface area (Å²) < 4.78 is 5.74. The number of pyridine rings is 1. The number of primary amides is 1. The highest BCUT2D eigenvalue weighted by atomic mass is 16.5. The molecule has 0 aliphatic heterocycles. The fraction of sp³-hybridized carbons (Fsp3) is 0.111. The van der Waals surface area contributed by atoms with E-state index in [1.165, 1.54) is 17.3 Å². The van der Waals surface area contributed by atoms with Crippen molar-refractivity contribution >= 4 is 5.91 Å². The van der Waals surface area contributed by atoms with E-state index in [1.54, 1.807) is 12.1 Å². The number of hydrogen-bond acceptors (Lipinski definition) is 4. The molecule has 0 bridgehead atoms. The molecule has 3 N–H and O–H groups in total. The van der Waals surface area contributed by atoms with Gasteiger partial charge in [0.1, 0.15) is 5.75 Å². The number of aromatic nitrogens is 1. The van der Waals surface area contributed by atoms with E-state index in [4.69, 9.17) is 10.5 Å². The smallest absolute Gasteiger partial charge is 0.250 e. The fourth-order valence-electron chi connectivity index (χ4n) is 3.54. The topological polar surface area (TPSA) is 77.2 Å². The Morgan fingerprint density at radius 1 is 0.844 bits per heavy atom. The van der Waals surface area contributed by atoms with Crippen LogP contribution in [0.3, 0.4) is 0 Å². The second-order valence-electron chi connectivity index (χ2n) is 7.50. The molecule has 0 spiro atoms. The zero-order valence-corrected chi connectivity index (χ0v) is 17.6. The Bertz CT molecular complexity index is 1090. The van der Waals surface area contributed by atoms with Crippen LogP contribution in [0, 0.1) is 0 Å². The van der Waals surface area contributed by atoms with Gasteiger partial charge in [-0.2, -0.15) is 0 Å². The molecule has 0 aliphatic carbocycles. The maximum atomic E-state index is 11.1. The molecule has 0 saturated heterocycles. The largest absolute Gasteiger partial charge is 0.439 e. The summed E-state index contributed by atoms with van der Waals surface area (Å²) in [6, 6.07) is 32.2. The van der Waals surface area contributed by atoms with Crippen LogP contribution in [0.4, 0.5) is 0 Å². The van der Waals surface area contributed by atoms with Gasteiger partial charge >= 0.3 is 0 Å². The number of hydrogen-bond donors (Lipinski definition) is 2. The van der Waals surface area contributed by atoms with E-state index in [1.807, 2.05) is 36.4 Å². The maximum absolute atomic E-state index is 11.1. The summed E-state index contributed by atoms with van der Waals surface area (Å²) in [5.74, 6) is 0.867. The van der Waals surface area contributed by atoms with Crippen molar-refractivity contribution in [1.29, 1.82) is 0 Å². The summed E-state index contributed by atoms with van der Waals surface area (Å²) in [5, 5.41) is 3.59. The highest BCUT2D eigenvalue weighted by molar-refractivity contribution is 5.92. The highest BCUT2D eigenvalue weighted by Crippen LogP contribution is 2.24. The van der Waals surface area contributed by atoms with Gasteiger partial charge in [-0.25, -0.2) is 4.98 Å². The Kier molecular flexibility index (Phi) is 6.90. The molecule has 32 heavy (non-hydrogen) atoms. The molecular weight excluding hydrogens is 398 g/mol. The van der Waals surface area contributed by atoms with E-state index in [0.717, 1.165) is 18.7 Å². The van der Waals surface area contributed by atoms with Gasteiger partial charge in [0.15, 0.2) is 0 Å². The molecule has 1 aromatic heterocycles. The van der Waals surface area contributed by atoms with Crippen molar-refractivity contribution in [2.45, 2.75) is 12.5 Å². The third kappa shape index (κ3) is 5.59. The van der Waals surface area contributed by atoms with Crippen molar-refractivity contribution in [2.75, 3.05) is 6.54 Å². The van der Waals surface area contributed by atoms with E-state index in [0.29, 0.717) is 17.2 Å². The first-order valence-corrected chi connectivity index (χ1v) is 10.5. The predicted molar refractivity (Wildman–Crippen MR) is 126 cm³/mol. The van der Waals surface area contributed by atoms with Gasteiger partial charge in [-0.05, 0) is 34.9 Å².